The molecule has 0 saturated heterocycles. The van der Waals surface area contributed by atoms with Gasteiger partial charge in [-0.1, -0.05) is 18.2 Å². The maximum Gasteiger partial charge on any atom is 0.140 e. The van der Waals surface area contributed by atoms with E-state index in [1.54, 1.807) is 0 Å². The van der Waals surface area contributed by atoms with Crippen molar-refractivity contribution in [3.8, 4) is 5.75 Å². The van der Waals surface area contributed by atoms with Crippen LogP contribution in [0.4, 0.5) is 5.82 Å². The van der Waals surface area contributed by atoms with Crippen LogP contribution in [0.1, 0.15) is 31.2 Å². The predicted octanol–water partition coefficient (Wildman–Crippen LogP) is 4.65. The van der Waals surface area contributed by atoms with Gasteiger partial charge in [-0.25, -0.2) is 9.97 Å². The molecule has 5 heteroatoms. The molecule has 3 aliphatic rings. The molecule has 29 heavy (non-hydrogen) atoms. The van der Waals surface area contributed by atoms with Gasteiger partial charge in [0.15, 0.2) is 0 Å². The summed E-state index contributed by atoms with van der Waals surface area (Å²) < 4.78 is 8.13. The molecule has 0 aliphatic heterocycles. The van der Waals surface area contributed by atoms with Crippen LogP contribution >= 0.6 is 0 Å². The highest BCUT2D eigenvalue weighted by molar-refractivity contribution is 5.93. The fourth-order valence-electron chi connectivity index (χ4n) is 5.78. The topological polar surface area (TPSA) is 65.4 Å². The Morgan fingerprint density at radius 3 is 2.76 bits per heavy atom. The van der Waals surface area contributed by atoms with Gasteiger partial charge in [0.05, 0.1) is 6.61 Å². The van der Waals surface area contributed by atoms with Crippen molar-refractivity contribution >= 4 is 22.2 Å². The zero-order valence-corrected chi connectivity index (χ0v) is 16.3. The van der Waals surface area contributed by atoms with Gasteiger partial charge in [0.1, 0.15) is 17.2 Å². The van der Waals surface area contributed by atoms with E-state index in [4.69, 9.17) is 10.5 Å². The highest BCUT2D eigenvalue weighted by Crippen LogP contribution is 2.75. The zero-order valence-electron chi connectivity index (χ0n) is 16.3. The predicted molar refractivity (Wildman–Crippen MR) is 114 cm³/mol. The van der Waals surface area contributed by atoms with Crippen molar-refractivity contribution in [2.45, 2.75) is 32.1 Å². The minimum atomic E-state index is 0.397. The van der Waals surface area contributed by atoms with E-state index in [0.29, 0.717) is 16.6 Å². The van der Waals surface area contributed by atoms with E-state index in [1.165, 1.54) is 36.6 Å². The fraction of sp³-hybridized carbons (Fsp3) is 0.333. The minimum Gasteiger partial charge on any atom is -0.493 e. The first kappa shape index (κ1) is 16.8. The van der Waals surface area contributed by atoms with E-state index in [0.717, 1.165) is 29.8 Å². The van der Waals surface area contributed by atoms with Crippen LogP contribution in [-0.2, 0) is 6.42 Å². The molecule has 0 spiro atoms. The van der Waals surface area contributed by atoms with Crippen molar-refractivity contribution in [3.63, 3.8) is 0 Å². The molecule has 0 unspecified atom stereocenters. The van der Waals surface area contributed by atoms with Crippen molar-refractivity contribution in [2.75, 3.05) is 12.3 Å². The molecule has 146 valence electrons. The Morgan fingerprint density at radius 2 is 1.86 bits per heavy atom. The molecule has 3 saturated carbocycles. The van der Waals surface area contributed by atoms with Crippen molar-refractivity contribution in [1.29, 1.82) is 0 Å². The molecular weight excluding hydrogens is 360 g/mol. The minimum absolute atomic E-state index is 0.397. The van der Waals surface area contributed by atoms with Gasteiger partial charge >= 0.3 is 0 Å². The summed E-state index contributed by atoms with van der Waals surface area (Å²) in [6, 6.07) is 12.5. The number of nitrogens with zero attached hydrogens (tertiary/aromatic N) is 3. The maximum atomic E-state index is 6.13. The molecule has 3 aliphatic carbocycles. The normalized spacial score (nSPS) is 25.0. The van der Waals surface area contributed by atoms with Crippen LogP contribution in [0.3, 0.4) is 0 Å². The Bertz CT molecular complexity index is 1210. The Balaban J connectivity index is 1.07. The van der Waals surface area contributed by atoms with Crippen LogP contribution in [-0.4, -0.2) is 21.0 Å². The standard InChI is InChI=1S/C24H24N4O/c25-22-20-3-1-2-17(19(20)5-8-27-22)4-7-23-13-24(14-23,15-23)16-29-18-6-10-28-11-9-26-21(28)12-18/h1-3,5-6,8-12H,4,7,13-16H2,(H2,25,27). The van der Waals surface area contributed by atoms with Crippen LogP contribution in [0.2, 0.25) is 0 Å². The number of nitrogens with two attached hydrogens (primary N) is 1. The van der Waals surface area contributed by atoms with Gasteiger partial charge < -0.3 is 14.9 Å². The number of anilines is 1. The molecule has 0 radical (unpaired) electrons. The zero-order chi connectivity index (χ0) is 19.5. The van der Waals surface area contributed by atoms with Crippen molar-refractivity contribution in [3.05, 3.63) is 66.7 Å². The number of ether oxygens (including phenoxy) is 1. The van der Waals surface area contributed by atoms with E-state index in [-0.39, 0.29) is 0 Å². The van der Waals surface area contributed by atoms with E-state index in [9.17, 15) is 0 Å². The molecule has 4 aromatic rings. The lowest BCUT2D eigenvalue weighted by Gasteiger charge is -2.71. The van der Waals surface area contributed by atoms with Gasteiger partial charge in [-0.05, 0) is 60.6 Å². The largest absolute Gasteiger partial charge is 0.493 e. The van der Waals surface area contributed by atoms with Gasteiger partial charge in [-0.15, -0.1) is 0 Å². The first-order chi connectivity index (χ1) is 14.1. The van der Waals surface area contributed by atoms with E-state index in [1.807, 2.05) is 41.3 Å². The summed E-state index contributed by atoms with van der Waals surface area (Å²) in [4.78, 5) is 8.55. The number of pyridine rings is 2. The van der Waals surface area contributed by atoms with E-state index in [2.05, 4.69) is 34.2 Å². The number of fused-ring (bicyclic) bond motifs is 2. The average molecular weight is 384 g/mol. The van der Waals surface area contributed by atoms with Crippen LogP contribution in [0.15, 0.2) is 61.2 Å². The van der Waals surface area contributed by atoms with Crippen molar-refractivity contribution < 1.29 is 4.74 Å². The Labute approximate surface area is 169 Å². The van der Waals surface area contributed by atoms with Crippen LogP contribution < -0.4 is 10.5 Å². The summed E-state index contributed by atoms with van der Waals surface area (Å²) in [5.41, 5.74) is 9.29. The maximum absolute atomic E-state index is 6.13. The molecular formula is C24H24N4O. The van der Waals surface area contributed by atoms with Gasteiger partial charge in [0.25, 0.3) is 0 Å². The molecule has 5 nitrogen and oxygen atoms in total. The molecule has 7 rings (SSSR count). The van der Waals surface area contributed by atoms with Gasteiger partial charge in [0.2, 0.25) is 0 Å². The van der Waals surface area contributed by atoms with Gasteiger partial charge in [0, 0.05) is 41.7 Å². The smallest absolute Gasteiger partial charge is 0.140 e. The molecule has 1 aromatic carbocycles. The summed E-state index contributed by atoms with van der Waals surface area (Å²) >= 11 is 0. The van der Waals surface area contributed by atoms with Gasteiger partial charge in [-0.3, -0.25) is 0 Å². The first-order valence-corrected chi connectivity index (χ1v) is 10.3. The number of hydrogen-bond donors (Lipinski definition) is 1. The first-order valence-electron chi connectivity index (χ1n) is 10.3. The third-order valence-corrected chi connectivity index (χ3v) is 7.02. The molecule has 3 fully saturated rings. The number of hydrogen-bond acceptors (Lipinski definition) is 4. The second kappa shape index (κ2) is 5.96. The van der Waals surface area contributed by atoms with Crippen molar-refractivity contribution in [1.82, 2.24) is 14.4 Å². The number of rotatable bonds is 6. The summed E-state index contributed by atoms with van der Waals surface area (Å²) in [6.45, 7) is 0.822. The molecule has 0 atom stereocenters. The second-order valence-corrected chi connectivity index (χ2v) is 9.08. The number of aromatic nitrogens is 3. The number of imidazole rings is 1. The fourth-order valence-corrected chi connectivity index (χ4v) is 5.78. The SMILES string of the molecule is Nc1nccc2c(CCC34CC(COc5ccn6ccnc6c5)(C3)C4)cccc12. The molecule has 0 amide bonds. The van der Waals surface area contributed by atoms with Crippen molar-refractivity contribution in [2.24, 2.45) is 10.8 Å². The highest BCUT2D eigenvalue weighted by atomic mass is 16.5. The Kier molecular flexibility index (Phi) is 3.46. The lowest BCUT2D eigenvalue weighted by atomic mass is 9.34. The third-order valence-electron chi connectivity index (χ3n) is 7.02. The van der Waals surface area contributed by atoms with Crippen LogP contribution in [0.5, 0.6) is 5.75 Å². The van der Waals surface area contributed by atoms with Crippen LogP contribution in [0, 0.1) is 10.8 Å². The molecule has 3 heterocycles. The second-order valence-electron chi connectivity index (χ2n) is 9.08. The summed E-state index contributed by atoms with van der Waals surface area (Å²) in [5.74, 6) is 1.55. The molecule has 2 N–H and O–H groups in total. The number of aryl methyl sites for hydroxylation is 1. The third kappa shape index (κ3) is 2.68. The summed E-state index contributed by atoms with van der Waals surface area (Å²) in [7, 11) is 0. The summed E-state index contributed by atoms with van der Waals surface area (Å²) in [6.07, 6.45) is 13.8. The lowest BCUT2D eigenvalue weighted by molar-refractivity contribution is -0.221. The molecule has 3 aromatic heterocycles. The van der Waals surface area contributed by atoms with Gasteiger partial charge in [-0.2, -0.15) is 0 Å². The summed E-state index contributed by atoms with van der Waals surface area (Å²) in [5, 5.41) is 2.32. The van der Waals surface area contributed by atoms with E-state index < -0.39 is 0 Å². The van der Waals surface area contributed by atoms with Crippen LogP contribution in [0.25, 0.3) is 16.4 Å². The number of benzene rings is 1. The lowest BCUT2D eigenvalue weighted by Crippen LogP contribution is -2.64. The number of nitrogen functional groups attached to an aromatic ring is 1. The average Bonchev–Trinajstić information content (AvgIpc) is 3.14. The Morgan fingerprint density at radius 1 is 0.966 bits per heavy atom. The Hall–Kier alpha value is -3.08. The monoisotopic (exact) mass is 384 g/mol. The molecule has 2 bridgehead atoms. The highest BCUT2D eigenvalue weighted by Gasteiger charge is 2.67. The van der Waals surface area contributed by atoms with E-state index >= 15 is 0 Å². The quantitative estimate of drug-likeness (QED) is 0.526.